The summed E-state index contributed by atoms with van der Waals surface area (Å²) in [5, 5.41) is 3.79. The number of hydrogen-bond donors (Lipinski definition) is 1. The molecule has 2 aromatic carbocycles. The van der Waals surface area contributed by atoms with Crippen molar-refractivity contribution in [3.05, 3.63) is 65.7 Å². The summed E-state index contributed by atoms with van der Waals surface area (Å²) in [6.07, 6.45) is 3.51. The van der Waals surface area contributed by atoms with E-state index in [1.54, 1.807) is 0 Å². The van der Waals surface area contributed by atoms with Gasteiger partial charge in [-0.25, -0.2) is 0 Å². The lowest BCUT2D eigenvalue weighted by molar-refractivity contribution is 0.714. The molecule has 0 fully saturated rings. The average Bonchev–Trinajstić information content (AvgIpc) is 2.54. The van der Waals surface area contributed by atoms with Crippen molar-refractivity contribution in [1.29, 1.82) is 0 Å². The van der Waals surface area contributed by atoms with Crippen LogP contribution in [0.2, 0.25) is 0 Å². The van der Waals surface area contributed by atoms with E-state index < -0.39 is 0 Å². The summed E-state index contributed by atoms with van der Waals surface area (Å²) in [5.74, 6) is 0. The van der Waals surface area contributed by atoms with E-state index in [0.717, 1.165) is 19.4 Å². The Morgan fingerprint density at radius 3 is 2.43 bits per heavy atom. The number of aryl methyl sites for hydroxylation is 1. The summed E-state index contributed by atoms with van der Waals surface area (Å²) in [6, 6.07) is 19.7. The molecule has 0 aliphatic carbocycles. The van der Waals surface area contributed by atoms with Crippen LogP contribution in [0.1, 0.15) is 36.1 Å². The maximum absolute atomic E-state index is 3.28. The lowest BCUT2D eigenvalue weighted by Gasteiger charge is -2.19. The van der Waals surface area contributed by atoms with Crippen molar-refractivity contribution in [2.75, 3.05) is 13.6 Å². The van der Waals surface area contributed by atoms with E-state index in [9.17, 15) is 0 Å². The number of rotatable bonds is 8. The highest BCUT2D eigenvalue weighted by Gasteiger charge is 2.14. The van der Waals surface area contributed by atoms with E-state index in [0.29, 0.717) is 5.25 Å². The molecule has 21 heavy (non-hydrogen) atoms. The predicted molar refractivity (Wildman–Crippen MR) is 94.0 cm³/mol. The van der Waals surface area contributed by atoms with E-state index >= 15 is 0 Å². The summed E-state index contributed by atoms with van der Waals surface area (Å²) in [6.45, 7) is 3.29. The Hall–Kier alpha value is -1.25. The van der Waals surface area contributed by atoms with Crippen molar-refractivity contribution in [2.45, 2.75) is 36.3 Å². The molecule has 0 bridgehead atoms. The Labute approximate surface area is 133 Å². The van der Waals surface area contributed by atoms with Crippen LogP contribution in [0.3, 0.4) is 0 Å². The van der Waals surface area contributed by atoms with Gasteiger partial charge in [0.15, 0.2) is 0 Å². The number of benzene rings is 2. The normalized spacial score (nSPS) is 12.3. The minimum absolute atomic E-state index is 0.511. The van der Waals surface area contributed by atoms with Gasteiger partial charge < -0.3 is 5.32 Å². The van der Waals surface area contributed by atoms with Crippen LogP contribution in [0, 0.1) is 0 Å². The lowest BCUT2D eigenvalue weighted by atomic mass is 10.1. The standard InChI is InChI=1S/C19H25NS/c1-3-9-16-12-7-8-13-18(16)21-19(14-15-20-2)17-10-5-4-6-11-17/h4-8,10-13,19-20H,3,9,14-15H2,1-2H3. The molecule has 0 saturated carbocycles. The van der Waals surface area contributed by atoms with Crippen molar-refractivity contribution >= 4 is 11.8 Å². The third kappa shape index (κ3) is 4.90. The second kappa shape index (κ2) is 8.91. The highest BCUT2D eigenvalue weighted by Crippen LogP contribution is 2.39. The summed E-state index contributed by atoms with van der Waals surface area (Å²) in [4.78, 5) is 1.43. The first-order valence-corrected chi connectivity index (χ1v) is 8.67. The van der Waals surface area contributed by atoms with Crippen LogP contribution in [0.5, 0.6) is 0 Å². The second-order valence-corrected chi connectivity index (χ2v) is 6.51. The van der Waals surface area contributed by atoms with Gasteiger partial charge in [-0.15, -0.1) is 11.8 Å². The second-order valence-electron chi connectivity index (χ2n) is 5.27. The van der Waals surface area contributed by atoms with Gasteiger partial charge in [-0.1, -0.05) is 61.9 Å². The van der Waals surface area contributed by atoms with Crippen molar-refractivity contribution in [1.82, 2.24) is 5.32 Å². The van der Waals surface area contributed by atoms with Gasteiger partial charge in [0, 0.05) is 10.1 Å². The Morgan fingerprint density at radius 1 is 1.00 bits per heavy atom. The Balaban J connectivity index is 2.19. The van der Waals surface area contributed by atoms with E-state index in [2.05, 4.69) is 66.8 Å². The molecule has 0 spiro atoms. The quantitative estimate of drug-likeness (QED) is 0.682. The first-order chi connectivity index (χ1) is 10.3. The Morgan fingerprint density at radius 2 is 1.71 bits per heavy atom. The van der Waals surface area contributed by atoms with Crippen molar-refractivity contribution < 1.29 is 0 Å². The zero-order valence-corrected chi connectivity index (χ0v) is 13.8. The van der Waals surface area contributed by atoms with Crippen LogP contribution >= 0.6 is 11.8 Å². The maximum atomic E-state index is 3.28. The van der Waals surface area contributed by atoms with Crippen LogP contribution in [-0.2, 0) is 6.42 Å². The smallest absolute Gasteiger partial charge is 0.0356 e. The monoisotopic (exact) mass is 299 g/mol. The minimum Gasteiger partial charge on any atom is -0.320 e. The first kappa shape index (κ1) is 16.1. The fourth-order valence-corrected chi connectivity index (χ4v) is 3.80. The van der Waals surface area contributed by atoms with Gasteiger partial charge in [0.1, 0.15) is 0 Å². The van der Waals surface area contributed by atoms with Crippen LogP contribution in [-0.4, -0.2) is 13.6 Å². The molecule has 1 atom stereocenters. The van der Waals surface area contributed by atoms with Crippen molar-refractivity contribution in [3.8, 4) is 0 Å². The third-order valence-electron chi connectivity index (χ3n) is 3.59. The molecule has 0 radical (unpaired) electrons. The molecule has 0 saturated heterocycles. The van der Waals surface area contributed by atoms with Gasteiger partial charge in [-0.05, 0) is 43.6 Å². The fraction of sp³-hybridized carbons (Fsp3) is 0.368. The molecule has 1 N–H and O–H groups in total. The zero-order valence-electron chi connectivity index (χ0n) is 13.0. The summed E-state index contributed by atoms with van der Waals surface area (Å²) in [7, 11) is 2.03. The summed E-state index contributed by atoms with van der Waals surface area (Å²) in [5.41, 5.74) is 2.90. The van der Waals surface area contributed by atoms with Gasteiger partial charge in [0.05, 0.1) is 0 Å². The Bertz CT molecular complexity index is 524. The summed E-state index contributed by atoms with van der Waals surface area (Å²) < 4.78 is 0. The van der Waals surface area contributed by atoms with Crippen molar-refractivity contribution in [2.24, 2.45) is 0 Å². The van der Waals surface area contributed by atoms with E-state index in [-0.39, 0.29) is 0 Å². The average molecular weight is 299 g/mol. The fourth-order valence-electron chi connectivity index (χ4n) is 2.48. The third-order valence-corrected chi connectivity index (χ3v) is 5.03. The van der Waals surface area contributed by atoms with Crippen molar-refractivity contribution in [3.63, 3.8) is 0 Å². The first-order valence-electron chi connectivity index (χ1n) is 7.79. The molecule has 0 aromatic heterocycles. The molecule has 0 heterocycles. The van der Waals surface area contributed by atoms with Gasteiger partial charge in [-0.2, -0.15) is 0 Å². The molecule has 2 heteroatoms. The van der Waals surface area contributed by atoms with Gasteiger partial charge >= 0.3 is 0 Å². The summed E-state index contributed by atoms with van der Waals surface area (Å²) >= 11 is 2.01. The molecule has 2 rings (SSSR count). The molecule has 0 aliphatic heterocycles. The highest BCUT2D eigenvalue weighted by molar-refractivity contribution is 7.99. The predicted octanol–water partition coefficient (Wildman–Crippen LogP) is 5.08. The van der Waals surface area contributed by atoms with E-state index in [1.165, 1.54) is 22.4 Å². The van der Waals surface area contributed by atoms with Gasteiger partial charge in [0.2, 0.25) is 0 Å². The minimum atomic E-state index is 0.511. The molecular weight excluding hydrogens is 274 g/mol. The molecule has 1 nitrogen and oxygen atoms in total. The number of hydrogen-bond acceptors (Lipinski definition) is 2. The molecule has 0 amide bonds. The SMILES string of the molecule is CCCc1ccccc1SC(CCNC)c1ccccc1. The van der Waals surface area contributed by atoms with E-state index in [1.807, 2.05) is 18.8 Å². The highest BCUT2D eigenvalue weighted by atomic mass is 32.2. The largest absolute Gasteiger partial charge is 0.320 e. The van der Waals surface area contributed by atoms with Crippen LogP contribution < -0.4 is 5.32 Å². The van der Waals surface area contributed by atoms with Crippen LogP contribution in [0.25, 0.3) is 0 Å². The molecule has 1 unspecified atom stereocenters. The molecule has 112 valence electrons. The molecule has 2 aromatic rings. The maximum Gasteiger partial charge on any atom is 0.0356 e. The number of nitrogens with one attached hydrogen (secondary N) is 1. The van der Waals surface area contributed by atoms with Gasteiger partial charge in [-0.3, -0.25) is 0 Å². The Kier molecular flexibility index (Phi) is 6.84. The molecular formula is C19H25NS. The topological polar surface area (TPSA) is 12.0 Å². The lowest BCUT2D eigenvalue weighted by Crippen LogP contribution is -2.11. The van der Waals surface area contributed by atoms with Crippen LogP contribution in [0.4, 0.5) is 0 Å². The van der Waals surface area contributed by atoms with E-state index in [4.69, 9.17) is 0 Å². The van der Waals surface area contributed by atoms with Gasteiger partial charge in [0.25, 0.3) is 0 Å². The van der Waals surface area contributed by atoms with Crippen LogP contribution in [0.15, 0.2) is 59.5 Å². The molecule has 0 aliphatic rings. The zero-order chi connectivity index (χ0) is 14.9. The number of thioether (sulfide) groups is 1.